The van der Waals surface area contributed by atoms with Crippen molar-refractivity contribution in [1.29, 1.82) is 0 Å². The van der Waals surface area contributed by atoms with Crippen molar-refractivity contribution < 1.29 is 19.0 Å². The molecule has 0 spiro atoms. The number of esters is 1. The van der Waals surface area contributed by atoms with Crippen molar-refractivity contribution in [1.82, 2.24) is 9.55 Å². The van der Waals surface area contributed by atoms with Crippen molar-refractivity contribution in [3.63, 3.8) is 0 Å². The van der Waals surface area contributed by atoms with Gasteiger partial charge in [-0.25, -0.2) is 4.98 Å². The molecule has 0 bridgehead atoms. The van der Waals surface area contributed by atoms with Crippen LogP contribution in [0.2, 0.25) is 0 Å². The first-order valence-corrected chi connectivity index (χ1v) is 11.7. The average Bonchev–Trinajstić information content (AvgIpc) is 3.20. The Morgan fingerprint density at radius 2 is 1.94 bits per heavy atom. The molecule has 0 unspecified atom stereocenters. The van der Waals surface area contributed by atoms with Crippen LogP contribution in [-0.4, -0.2) is 15.5 Å². The SMILES string of the molecule is CCc1nc2ccccc2n1CC(=O)OCc1cc(Br)cc2c1O[C@@H](c1ccccc1)OC2. The van der Waals surface area contributed by atoms with E-state index in [1.54, 1.807) is 0 Å². The first-order chi connectivity index (χ1) is 16.1. The molecule has 0 N–H and O–H groups in total. The summed E-state index contributed by atoms with van der Waals surface area (Å²) in [6, 6.07) is 21.5. The van der Waals surface area contributed by atoms with E-state index in [1.165, 1.54) is 0 Å². The fourth-order valence-corrected chi connectivity index (χ4v) is 4.62. The smallest absolute Gasteiger partial charge is 0.326 e. The maximum atomic E-state index is 12.8. The molecule has 1 aliphatic heterocycles. The molecule has 0 radical (unpaired) electrons. The Kier molecular flexibility index (Phi) is 6.15. The van der Waals surface area contributed by atoms with Crippen LogP contribution in [-0.2, 0) is 40.4 Å². The second-order valence-corrected chi connectivity index (χ2v) is 8.76. The molecule has 0 amide bonds. The van der Waals surface area contributed by atoms with E-state index in [4.69, 9.17) is 14.2 Å². The lowest BCUT2D eigenvalue weighted by Crippen LogP contribution is -2.20. The maximum Gasteiger partial charge on any atom is 0.326 e. The summed E-state index contributed by atoms with van der Waals surface area (Å²) in [5.41, 5.74) is 4.45. The number of para-hydroxylation sites is 2. The molecular formula is C26H23BrN2O4. The van der Waals surface area contributed by atoms with Crippen LogP contribution in [0.4, 0.5) is 0 Å². The van der Waals surface area contributed by atoms with E-state index in [1.807, 2.05) is 78.2 Å². The first kappa shape index (κ1) is 21.7. The zero-order chi connectivity index (χ0) is 22.8. The summed E-state index contributed by atoms with van der Waals surface area (Å²) in [4.78, 5) is 17.4. The fourth-order valence-electron chi connectivity index (χ4n) is 4.06. The van der Waals surface area contributed by atoms with E-state index in [-0.39, 0.29) is 19.1 Å². The van der Waals surface area contributed by atoms with E-state index in [2.05, 4.69) is 20.9 Å². The summed E-state index contributed by atoms with van der Waals surface area (Å²) in [5.74, 6) is 1.24. The average molecular weight is 507 g/mol. The van der Waals surface area contributed by atoms with Gasteiger partial charge in [0, 0.05) is 27.6 Å². The standard InChI is InChI=1S/C26H23BrN2O4/c1-2-23-28-21-10-6-7-11-22(21)29(23)14-24(30)31-15-18-12-20(27)13-19-16-32-26(33-25(18)19)17-8-4-3-5-9-17/h3-13,26H,2,14-16H2,1H3/t26-/m0/s1. The summed E-state index contributed by atoms with van der Waals surface area (Å²) in [6.07, 6.45) is 0.231. The van der Waals surface area contributed by atoms with Crippen LogP contribution in [0.3, 0.4) is 0 Å². The highest BCUT2D eigenvalue weighted by Crippen LogP contribution is 2.38. The highest BCUT2D eigenvalue weighted by Gasteiger charge is 2.25. The van der Waals surface area contributed by atoms with Gasteiger partial charge in [0.05, 0.1) is 17.6 Å². The summed E-state index contributed by atoms with van der Waals surface area (Å²) in [5, 5.41) is 0. The first-order valence-electron chi connectivity index (χ1n) is 10.9. The van der Waals surface area contributed by atoms with Gasteiger partial charge in [-0.05, 0) is 24.3 Å². The summed E-state index contributed by atoms with van der Waals surface area (Å²) in [7, 11) is 0. The molecule has 168 valence electrons. The lowest BCUT2D eigenvalue weighted by molar-refractivity contribution is -0.146. The predicted octanol–water partition coefficient (Wildman–Crippen LogP) is 5.71. The molecule has 3 aromatic carbocycles. The molecule has 2 heterocycles. The third-order valence-electron chi connectivity index (χ3n) is 5.62. The molecule has 7 heteroatoms. The number of hydrogen-bond acceptors (Lipinski definition) is 5. The third-order valence-corrected chi connectivity index (χ3v) is 6.08. The minimum Gasteiger partial charge on any atom is -0.460 e. The van der Waals surface area contributed by atoms with E-state index in [0.29, 0.717) is 12.4 Å². The second kappa shape index (κ2) is 9.37. The van der Waals surface area contributed by atoms with Gasteiger partial charge in [-0.15, -0.1) is 0 Å². The van der Waals surface area contributed by atoms with E-state index >= 15 is 0 Å². The van der Waals surface area contributed by atoms with Gasteiger partial charge in [0.1, 0.15) is 24.7 Å². The van der Waals surface area contributed by atoms with Crippen molar-refractivity contribution in [2.24, 2.45) is 0 Å². The number of carbonyl (C=O) groups excluding carboxylic acids is 1. The van der Waals surface area contributed by atoms with Crippen LogP contribution in [0, 0.1) is 0 Å². The van der Waals surface area contributed by atoms with E-state index in [0.717, 1.165) is 44.4 Å². The van der Waals surface area contributed by atoms with Gasteiger partial charge >= 0.3 is 5.97 Å². The van der Waals surface area contributed by atoms with Gasteiger partial charge in [-0.1, -0.05) is 65.3 Å². The van der Waals surface area contributed by atoms with Crippen molar-refractivity contribution in [2.45, 2.75) is 39.4 Å². The summed E-state index contributed by atoms with van der Waals surface area (Å²) >= 11 is 3.54. The lowest BCUT2D eigenvalue weighted by Gasteiger charge is -2.28. The van der Waals surface area contributed by atoms with Gasteiger partial charge in [-0.2, -0.15) is 0 Å². The predicted molar refractivity (Wildman–Crippen MR) is 128 cm³/mol. The van der Waals surface area contributed by atoms with Crippen LogP contribution < -0.4 is 4.74 Å². The Balaban J connectivity index is 1.34. The van der Waals surface area contributed by atoms with Gasteiger partial charge in [-0.3, -0.25) is 4.79 Å². The molecule has 0 aliphatic carbocycles. The van der Waals surface area contributed by atoms with E-state index < -0.39 is 6.29 Å². The number of rotatable bonds is 6. The van der Waals surface area contributed by atoms with Gasteiger partial charge in [0.15, 0.2) is 0 Å². The van der Waals surface area contributed by atoms with Crippen LogP contribution in [0.25, 0.3) is 11.0 Å². The number of halogens is 1. The van der Waals surface area contributed by atoms with Crippen LogP contribution >= 0.6 is 15.9 Å². The number of imidazole rings is 1. The molecule has 1 aliphatic rings. The molecule has 1 atom stereocenters. The zero-order valence-electron chi connectivity index (χ0n) is 18.2. The Labute approximate surface area is 200 Å². The number of nitrogens with zero attached hydrogens (tertiary/aromatic N) is 2. The number of carbonyl (C=O) groups is 1. The molecule has 0 saturated carbocycles. The van der Waals surface area contributed by atoms with Crippen LogP contribution in [0.15, 0.2) is 71.2 Å². The normalized spacial score (nSPS) is 15.2. The number of fused-ring (bicyclic) bond motifs is 2. The highest BCUT2D eigenvalue weighted by molar-refractivity contribution is 9.10. The minimum atomic E-state index is -0.501. The molecule has 33 heavy (non-hydrogen) atoms. The summed E-state index contributed by atoms with van der Waals surface area (Å²) in [6.45, 7) is 2.66. The fraction of sp³-hybridized carbons (Fsp3) is 0.231. The number of aryl methyl sites for hydroxylation is 1. The van der Waals surface area contributed by atoms with Crippen molar-refractivity contribution >= 4 is 32.9 Å². The Morgan fingerprint density at radius 1 is 1.15 bits per heavy atom. The number of aromatic nitrogens is 2. The minimum absolute atomic E-state index is 0.107. The van der Waals surface area contributed by atoms with Crippen LogP contribution in [0.1, 0.15) is 35.7 Å². The van der Waals surface area contributed by atoms with Crippen molar-refractivity contribution in [3.05, 3.63) is 93.7 Å². The Bertz CT molecular complexity index is 1300. The van der Waals surface area contributed by atoms with Crippen molar-refractivity contribution in [2.75, 3.05) is 0 Å². The molecular weight excluding hydrogens is 484 g/mol. The highest BCUT2D eigenvalue weighted by atomic mass is 79.9. The zero-order valence-corrected chi connectivity index (χ0v) is 19.7. The monoisotopic (exact) mass is 506 g/mol. The Morgan fingerprint density at radius 3 is 2.76 bits per heavy atom. The molecule has 0 fully saturated rings. The maximum absolute atomic E-state index is 12.8. The topological polar surface area (TPSA) is 62.6 Å². The molecule has 4 aromatic rings. The molecule has 6 nitrogen and oxygen atoms in total. The third kappa shape index (κ3) is 4.51. The second-order valence-electron chi connectivity index (χ2n) is 7.84. The molecule has 0 saturated heterocycles. The van der Waals surface area contributed by atoms with Crippen molar-refractivity contribution in [3.8, 4) is 5.75 Å². The molecule has 1 aromatic heterocycles. The number of ether oxygens (including phenoxy) is 3. The summed E-state index contributed by atoms with van der Waals surface area (Å²) < 4.78 is 20.6. The van der Waals surface area contributed by atoms with Gasteiger partial charge in [0.2, 0.25) is 6.29 Å². The van der Waals surface area contributed by atoms with Crippen LogP contribution in [0.5, 0.6) is 5.75 Å². The lowest BCUT2D eigenvalue weighted by atomic mass is 10.1. The number of benzene rings is 3. The van der Waals surface area contributed by atoms with E-state index in [9.17, 15) is 4.79 Å². The van der Waals surface area contributed by atoms with Gasteiger partial charge < -0.3 is 18.8 Å². The number of hydrogen-bond donors (Lipinski definition) is 0. The quantitative estimate of drug-likeness (QED) is 0.313. The Hall–Kier alpha value is -3.16. The van der Waals surface area contributed by atoms with Gasteiger partial charge in [0.25, 0.3) is 0 Å². The molecule has 5 rings (SSSR count). The largest absolute Gasteiger partial charge is 0.460 e.